The quantitative estimate of drug-likeness (QED) is 0.495. The van der Waals surface area contributed by atoms with Crippen molar-refractivity contribution < 1.29 is 9.13 Å². The van der Waals surface area contributed by atoms with Crippen LogP contribution in [0.5, 0.6) is 0 Å². The zero-order chi connectivity index (χ0) is 12.8. The minimum Gasteiger partial charge on any atom is -0.494 e. The average Bonchev–Trinajstić information content (AvgIpc) is 2.28. The number of halogens is 1. The highest BCUT2D eigenvalue weighted by Crippen LogP contribution is 2.28. The Morgan fingerprint density at radius 1 is 1.29 bits per heavy atom. The minimum atomic E-state index is -0.354. The van der Waals surface area contributed by atoms with Gasteiger partial charge in [-0.3, -0.25) is 0 Å². The van der Waals surface area contributed by atoms with E-state index >= 15 is 0 Å². The third kappa shape index (κ3) is 5.20. The third-order valence-electron chi connectivity index (χ3n) is 3.34. The topological polar surface area (TPSA) is 9.23 Å². The van der Waals surface area contributed by atoms with Crippen LogP contribution in [0.25, 0.3) is 0 Å². The summed E-state index contributed by atoms with van der Waals surface area (Å²) in [7, 11) is 0. The molecule has 2 heteroatoms. The second kappa shape index (κ2) is 6.63. The number of rotatable bonds is 5. The molecule has 1 nitrogen and oxygen atoms in total. The van der Waals surface area contributed by atoms with Crippen LogP contribution in [0, 0.1) is 11.8 Å². The highest BCUT2D eigenvalue weighted by molar-refractivity contribution is 5.25. The summed E-state index contributed by atoms with van der Waals surface area (Å²) in [4.78, 5) is 0. The van der Waals surface area contributed by atoms with Gasteiger partial charge in [0.05, 0.1) is 6.61 Å². The first kappa shape index (κ1) is 14.0. The van der Waals surface area contributed by atoms with Gasteiger partial charge in [-0.1, -0.05) is 32.9 Å². The summed E-state index contributed by atoms with van der Waals surface area (Å²) in [6.45, 7) is 11.8. The fourth-order valence-electron chi connectivity index (χ4n) is 2.03. The van der Waals surface area contributed by atoms with Gasteiger partial charge in [0.15, 0.2) is 0 Å². The fraction of sp³-hybridized carbons (Fsp3) is 0.600. The fourth-order valence-corrected chi connectivity index (χ4v) is 2.03. The van der Waals surface area contributed by atoms with Crippen LogP contribution in [0.2, 0.25) is 0 Å². The maximum Gasteiger partial charge on any atom is 0.129 e. The summed E-state index contributed by atoms with van der Waals surface area (Å²) in [5.41, 5.74) is 0.404. The van der Waals surface area contributed by atoms with Crippen molar-refractivity contribution in [2.45, 2.75) is 39.5 Å². The molecule has 0 aromatic heterocycles. The molecule has 0 aromatic rings. The zero-order valence-electron chi connectivity index (χ0n) is 11.0. The summed E-state index contributed by atoms with van der Waals surface area (Å²) < 4.78 is 18.7. The van der Waals surface area contributed by atoms with Gasteiger partial charge in [-0.05, 0) is 37.2 Å². The molecular formula is C15H23FO. The van der Waals surface area contributed by atoms with Crippen molar-refractivity contribution in [3.05, 3.63) is 36.4 Å². The van der Waals surface area contributed by atoms with Crippen LogP contribution < -0.4 is 0 Å². The Morgan fingerprint density at radius 2 is 1.88 bits per heavy atom. The molecule has 0 N–H and O–H groups in total. The normalized spacial score (nSPS) is 25.5. The van der Waals surface area contributed by atoms with Crippen LogP contribution in [0.3, 0.4) is 0 Å². The predicted molar refractivity (Wildman–Crippen MR) is 70.2 cm³/mol. The summed E-state index contributed by atoms with van der Waals surface area (Å²) in [6.07, 6.45) is 6.28. The van der Waals surface area contributed by atoms with E-state index in [4.69, 9.17) is 4.74 Å². The van der Waals surface area contributed by atoms with Gasteiger partial charge < -0.3 is 4.74 Å². The second-order valence-corrected chi connectivity index (χ2v) is 5.18. The van der Waals surface area contributed by atoms with Gasteiger partial charge >= 0.3 is 0 Å². The van der Waals surface area contributed by atoms with E-state index in [2.05, 4.69) is 20.1 Å². The Bertz CT molecular complexity index is 309. The summed E-state index contributed by atoms with van der Waals surface area (Å²) >= 11 is 0. The van der Waals surface area contributed by atoms with Gasteiger partial charge in [-0.2, -0.15) is 0 Å². The van der Waals surface area contributed by atoms with Gasteiger partial charge in [0, 0.05) is 6.08 Å². The Morgan fingerprint density at radius 3 is 2.41 bits per heavy atom. The minimum absolute atomic E-state index is 0.354. The first-order chi connectivity index (χ1) is 7.99. The molecule has 1 aliphatic carbocycles. The molecule has 0 heterocycles. The molecule has 0 spiro atoms. The lowest BCUT2D eigenvalue weighted by atomic mass is 9.83. The molecular weight excluding hydrogens is 215 g/mol. The van der Waals surface area contributed by atoms with E-state index in [0.717, 1.165) is 5.92 Å². The van der Waals surface area contributed by atoms with Crippen molar-refractivity contribution in [1.82, 2.24) is 0 Å². The highest BCUT2D eigenvalue weighted by atomic mass is 19.1. The Labute approximate surface area is 104 Å². The molecule has 17 heavy (non-hydrogen) atoms. The maximum absolute atomic E-state index is 13.2. The Kier molecular flexibility index (Phi) is 5.46. The molecule has 1 aliphatic rings. The predicted octanol–water partition coefficient (Wildman–Crippen LogP) is 4.77. The summed E-state index contributed by atoms with van der Waals surface area (Å²) in [6, 6.07) is 0. The monoisotopic (exact) mass is 238 g/mol. The maximum atomic E-state index is 13.2. The van der Waals surface area contributed by atoms with Gasteiger partial charge in [0.1, 0.15) is 11.6 Å². The SMILES string of the molecule is C=C(/C=C(/F)C(=C)C)OCC1CCC(C)CC1. The van der Waals surface area contributed by atoms with E-state index in [-0.39, 0.29) is 5.83 Å². The Balaban J connectivity index is 2.29. The highest BCUT2D eigenvalue weighted by Gasteiger charge is 2.18. The van der Waals surface area contributed by atoms with Crippen LogP contribution in [-0.2, 0) is 4.74 Å². The first-order valence-corrected chi connectivity index (χ1v) is 6.33. The molecule has 0 saturated heterocycles. The molecule has 1 saturated carbocycles. The molecule has 0 unspecified atom stereocenters. The molecule has 0 amide bonds. The Hall–Kier alpha value is -1.05. The lowest BCUT2D eigenvalue weighted by molar-refractivity contribution is 0.138. The smallest absolute Gasteiger partial charge is 0.129 e. The largest absolute Gasteiger partial charge is 0.494 e. The number of hydrogen-bond donors (Lipinski definition) is 0. The van der Waals surface area contributed by atoms with Gasteiger partial charge in [0.25, 0.3) is 0 Å². The molecule has 0 aliphatic heterocycles. The van der Waals surface area contributed by atoms with E-state index in [1.807, 2.05) is 0 Å². The van der Waals surface area contributed by atoms with Crippen LogP contribution in [0.1, 0.15) is 39.5 Å². The van der Waals surface area contributed by atoms with E-state index in [9.17, 15) is 4.39 Å². The molecule has 1 fully saturated rings. The number of allylic oxidation sites excluding steroid dienone is 3. The standard InChI is InChI=1S/C15H23FO/c1-11(2)15(16)9-13(4)17-10-14-7-5-12(3)6-8-14/h9,12,14H,1,4-8,10H2,2-3H3/b15-9+. The van der Waals surface area contributed by atoms with E-state index in [1.54, 1.807) is 6.92 Å². The van der Waals surface area contributed by atoms with Crippen molar-refractivity contribution in [3.63, 3.8) is 0 Å². The number of hydrogen-bond acceptors (Lipinski definition) is 1. The third-order valence-corrected chi connectivity index (χ3v) is 3.34. The van der Waals surface area contributed by atoms with Crippen molar-refractivity contribution in [2.75, 3.05) is 6.61 Å². The van der Waals surface area contributed by atoms with Crippen LogP contribution >= 0.6 is 0 Å². The molecule has 0 radical (unpaired) electrons. The van der Waals surface area contributed by atoms with Crippen LogP contribution in [0.15, 0.2) is 36.4 Å². The van der Waals surface area contributed by atoms with E-state index in [0.29, 0.717) is 23.9 Å². The first-order valence-electron chi connectivity index (χ1n) is 6.33. The number of ether oxygens (including phenoxy) is 1. The lowest BCUT2D eigenvalue weighted by Crippen LogP contribution is -2.16. The lowest BCUT2D eigenvalue weighted by Gasteiger charge is -2.26. The van der Waals surface area contributed by atoms with Crippen LogP contribution in [0.4, 0.5) is 4.39 Å². The van der Waals surface area contributed by atoms with Crippen molar-refractivity contribution >= 4 is 0 Å². The second-order valence-electron chi connectivity index (χ2n) is 5.18. The van der Waals surface area contributed by atoms with Crippen molar-refractivity contribution in [3.8, 4) is 0 Å². The molecule has 0 aromatic carbocycles. The van der Waals surface area contributed by atoms with Gasteiger partial charge in [-0.15, -0.1) is 0 Å². The van der Waals surface area contributed by atoms with Gasteiger partial charge in [0.2, 0.25) is 0 Å². The molecule has 0 atom stereocenters. The molecule has 0 bridgehead atoms. The van der Waals surface area contributed by atoms with E-state index in [1.165, 1.54) is 31.8 Å². The van der Waals surface area contributed by atoms with Crippen molar-refractivity contribution in [1.29, 1.82) is 0 Å². The summed E-state index contributed by atoms with van der Waals surface area (Å²) in [5, 5.41) is 0. The molecule has 1 rings (SSSR count). The van der Waals surface area contributed by atoms with Crippen LogP contribution in [-0.4, -0.2) is 6.61 Å². The summed E-state index contributed by atoms with van der Waals surface area (Å²) in [5.74, 6) is 1.48. The van der Waals surface area contributed by atoms with Gasteiger partial charge in [-0.25, -0.2) is 4.39 Å². The molecule has 96 valence electrons. The zero-order valence-corrected chi connectivity index (χ0v) is 11.0. The van der Waals surface area contributed by atoms with Crippen molar-refractivity contribution in [2.24, 2.45) is 11.8 Å². The average molecular weight is 238 g/mol. The van der Waals surface area contributed by atoms with E-state index < -0.39 is 0 Å².